The standard InChI is InChI=1S/C9H6F2N4O2/c10-7-5(1-2-12-8(7)11)9(16)13-3-6-14-4-17-15-6/h1-2,4H,3H2,(H,13,16). The first kappa shape index (κ1) is 11.1. The van der Waals surface area contributed by atoms with E-state index < -0.39 is 23.2 Å². The van der Waals surface area contributed by atoms with Crippen LogP contribution in [0.1, 0.15) is 16.2 Å². The third kappa shape index (κ3) is 2.41. The fraction of sp³-hybridized carbons (Fsp3) is 0.111. The van der Waals surface area contributed by atoms with Crippen molar-refractivity contribution in [1.82, 2.24) is 20.4 Å². The summed E-state index contributed by atoms with van der Waals surface area (Å²) in [5, 5.41) is 5.75. The minimum atomic E-state index is -1.32. The van der Waals surface area contributed by atoms with E-state index in [-0.39, 0.29) is 12.4 Å². The van der Waals surface area contributed by atoms with Crippen molar-refractivity contribution in [3.05, 3.63) is 41.8 Å². The lowest BCUT2D eigenvalue weighted by Gasteiger charge is -2.03. The molecule has 0 aromatic carbocycles. The van der Waals surface area contributed by atoms with E-state index in [2.05, 4.69) is 25.0 Å². The van der Waals surface area contributed by atoms with Crippen LogP contribution in [-0.2, 0) is 6.54 Å². The highest BCUT2D eigenvalue weighted by Crippen LogP contribution is 2.08. The topological polar surface area (TPSA) is 80.9 Å². The molecule has 2 aromatic heterocycles. The molecular weight excluding hydrogens is 234 g/mol. The van der Waals surface area contributed by atoms with Crippen LogP contribution < -0.4 is 5.32 Å². The first-order valence-corrected chi connectivity index (χ1v) is 4.52. The Bertz CT molecular complexity index is 530. The van der Waals surface area contributed by atoms with Gasteiger partial charge in [-0.2, -0.15) is 9.37 Å². The highest BCUT2D eigenvalue weighted by atomic mass is 19.2. The average molecular weight is 240 g/mol. The van der Waals surface area contributed by atoms with Gasteiger partial charge in [-0.25, -0.2) is 9.37 Å². The second-order valence-corrected chi connectivity index (χ2v) is 2.99. The molecule has 8 heteroatoms. The Kier molecular flexibility index (Phi) is 3.03. The van der Waals surface area contributed by atoms with Crippen molar-refractivity contribution in [3.8, 4) is 0 Å². The molecule has 0 saturated carbocycles. The predicted octanol–water partition coefficient (Wildman–Crippen LogP) is 0.673. The maximum absolute atomic E-state index is 13.2. The number of aromatic nitrogens is 3. The smallest absolute Gasteiger partial charge is 0.254 e. The molecule has 0 unspecified atom stereocenters. The Morgan fingerprint density at radius 1 is 1.41 bits per heavy atom. The van der Waals surface area contributed by atoms with Crippen molar-refractivity contribution in [2.24, 2.45) is 0 Å². The molecule has 0 atom stereocenters. The molecule has 2 rings (SSSR count). The maximum atomic E-state index is 13.2. The average Bonchev–Trinajstić information content (AvgIpc) is 2.82. The number of nitrogens with zero attached hydrogens (tertiary/aromatic N) is 3. The molecule has 0 aliphatic carbocycles. The van der Waals surface area contributed by atoms with Gasteiger partial charge in [-0.3, -0.25) is 4.79 Å². The zero-order valence-electron chi connectivity index (χ0n) is 8.35. The zero-order valence-corrected chi connectivity index (χ0v) is 8.35. The molecule has 6 nitrogen and oxygen atoms in total. The predicted molar refractivity (Wildman–Crippen MR) is 49.6 cm³/mol. The minimum Gasteiger partial charge on any atom is -0.345 e. The molecule has 2 aromatic rings. The summed E-state index contributed by atoms with van der Waals surface area (Å²) in [5.74, 6) is -3.17. The van der Waals surface area contributed by atoms with Crippen molar-refractivity contribution >= 4 is 5.91 Å². The molecule has 0 aliphatic heterocycles. The van der Waals surface area contributed by atoms with Crippen molar-refractivity contribution in [2.75, 3.05) is 0 Å². The number of nitrogens with one attached hydrogen (secondary N) is 1. The lowest BCUT2D eigenvalue weighted by molar-refractivity contribution is 0.0944. The molecule has 2 heterocycles. The monoisotopic (exact) mass is 240 g/mol. The fourth-order valence-electron chi connectivity index (χ4n) is 1.12. The van der Waals surface area contributed by atoms with Gasteiger partial charge in [0.1, 0.15) is 0 Å². The molecule has 0 saturated heterocycles. The van der Waals surface area contributed by atoms with Crippen LogP contribution in [0.15, 0.2) is 23.2 Å². The van der Waals surface area contributed by atoms with Crippen molar-refractivity contribution in [1.29, 1.82) is 0 Å². The summed E-state index contributed by atoms with van der Waals surface area (Å²) >= 11 is 0. The van der Waals surface area contributed by atoms with Crippen molar-refractivity contribution < 1.29 is 18.1 Å². The molecule has 0 bridgehead atoms. The van der Waals surface area contributed by atoms with Gasteiger partial charge >= 0.3 is 0 Å². The molecule has 1 amide bonds. The van der Waals surface area contributed by atoms with E-state index in [1.807, 2.05) is 0 Å². The van der Waals surface area contributed by atoms with Crippen molar-refractivity contribution in [3.63, 3.8) is 0 Å². The molecule has 0 fully saturated rings. The molecule has 17 heavy (non-hydrogen) atoms. The largest absolute Gasteiger partial charge is 0.345 e. The molecule has 0 aliphatic rings. The lowest BCUT2D eigenvalue weighted by atomic mass is 10.2. The summed E-state index contributed by atoms with van der Waals surface area (Å²) in [6.45, 7) is -0.0429. The van der Waals surface area contributed by atoms with Gasteiger partial charge in [0.25, 0.3) is 5.91 Å². The Hall–Kier alpha value is -2.38. The summed E-state index contributed by atoms with van der Waals surface area (Å²) in [5.41, 5.74) is -0.430. The van der Waals surface area contributed by atoms with E-state index in [9.17, 15) is 13.6 Å². The summed E-state index contributed by atoms with van der Waals surface area (Å²) in [6.07, 6.45) is 2.09. The van der Waals surface area contributed by atoms with E-state index in [1.165, 1.54) is 0 Å². The maximum Gasteiger partial charge on any atom is 0.254 e. The molecule has 0 radical (unpaired) electrons. The van der Waals surface area contributed by atoms with E-state index in [0.29, 0.717) is 0 Å². The second kappa shape index (κ2) is 4.64. The van der Waals surface area contributed by atoms with Gasteiger partial charge in [0.15, 0.2) is 11.6 Å². The minimum absolute atomic E-state index is 0.0429. The number of hydrogen-bond donors (Lipinski definition) is 1. The first-order valence-electron chi connectivity index (χ1n) is 4.52. The number of hydrogen-bond acceptors (Lipinski definition) is 5. The van der Waals surface area contributed by atoms with E-state index in [0.717, 1.165) is 18.7 Å². The van der Waals surface area contributed by atoms with Crippen LogP contribution in [0.2, 0.25) is 0 Å². The van der Waals surface area contributed by atoms with Gasteiger partial charge in [-0.1, -0.05) is 5.16 Å². The summed E-state index contributed by atoms with van der Waals surface area (Å²) < 4.78 is 30.4. The number of pyridine rings is 1. The summed E-state index contributed by atoms with van der Waals surface area (Å²) in [4.78, 5) is 18.2. The van der Waals surface area contributed by atoms with E-state index in [1.54, 1.807) is 0 Å². The Labute approximate surface area is 93.7 Å². The van der Waals surface area contributed by atoms with Gasteiger partial charge in [-0.15, -0.1) is 0 Å². The molecule has 1 N–H and O–H groups in total. The van der Waals surface area contributed by atoms with Gasteiger partial charge in [0.2, 0.25) is 12.3 Å². The highest BCUT2D eigenvalue weighted by Gasteiger charge is 2.16. The Morgan fingerprint density at radius 3 is 2.94 bits per heavy atom. The summed E-state index contributed by atoms with van der Waals surface area (Å²) in [7, 11) is 0. The summed E-state index contributed by atoms with van der Waals surface area (Å²) in [6, 6.07) is 1.07. The number of carbonyl (C=O) groups excluding carboxylic acids is 1. The van der Waals surface area contributed by atoms with Crippen LogP contribution in [0.4, 0.5) is 8.78 Å². The number of halogens is 2. The fourth-order valence-corrected chi connectivity index (χ4v) is 1.12. The lowest BCUT2D eigenvalue weighted by Crippen LogP contribution is -2.24. The Morgan fingerprint density at radius 2 is 2.24 bits per heavy atom. The quantitative estimate of drug-likeness (QED) is 0.797. The molecule has 88 valence electrons. The normalized spacial score (nSPS) is 10.2. The van der Waals surface area contributed by atoms with Crippen LogP contribution in [0.5, 0.6) is 0 Å². The SMILES string of the molecule is O=C(NCc1ncon1)c1ccnc(F)c1F. The number of carbonyl (C=O) groups is 1. The van der Waals surface area contributed by atoms with Crippen LogP contribution in [0.25, 0.3) is 0 Å². The van der Waals surface area contributed by atoms with E-state index >= 15 is 0 Å². The van der Waals surface area contributed by atoms with Crippen molar-refractivity contribution in [2.45, 2.75) is 6.54 Å². The van der Waals surface area contributed by atoms with Crippen LogP contribution in [-0.4, -0.2) is 21.0 Å². The highest BCUT2D eigenvalue weighted by molar-refractivity contribution is 5.94. The van der Waals surface area contributed by atoms with Crippen LogP contribution >= 0.6 is 0 Å². The van der Waals surface area contributed by atoms with Gasteiger partial charge < -0.3 is 9.84 Å². The zero-order chi connectivity index (χ0) is 12.3. The number of amides is 1. The van der Waals surface area contributed by atoms with Gasteiger partial charge in [0, 0.05) is 6.20 Å². The van der Waals surface area contributed by atoms with Gasteiger partial charge in [0.05, 0.1) is 12.1 Å². The van der Waals surface area contributed by atoms with Gasteiger partial charge in [-0.05, 0) is 6.07 Å². The molecule has 0 spiro atoms. The second-order valence-electron chi connectivity index (χ2n) is 2.99. The third-order valence-electron chi connectivity index (χ3n) is 1.91. The first-order chi connectivity index (χ1) is 8.18. The molecular formula is C9H6F2N4O2. The van der Waals surface area contributed by atoms with Crippen LogP contribution in [0.3, 0.4) is 0 Å². The Balaban J connectivity index is 2.07. The third-order valence-corrected chi connectivity index (χ3v) is 1.91. The number of rotatable bonds is 3. The van der Waals surface area contributed by atoms with Crippen LogP contribution in [0, 0.1) is 11.8 Å². The van der Waals surface area contributed by atoms with E-state index in [4.69, 9.17) is 0 Å².